The Hall–Kier alpha value is 0.350. The molecule has 1 unspecified atom stereocenters. The van der Waals surface area contributed by atoms with Gasteiger partial charge in [-0.05, 0) is 25.5 Å². The van der Waals surface area contributed by atoms with E-state index in [1.807, 2.05) is 25.1 Å². The Morgan fingerprint density at radius 2 is 2.00 bits per heavy atom. The number of alkyl halides is 1. The van der Waals surface area contributed by atoms with Crippen molar-refractivity contribution in [1.29, 1.82) is 0 Å². The van der Waals surface area contributed by atoms with Gasteiger partial charge < -0.3 is 9.47 Å². The zero-order valence-electron chi connectivity index (χ0n) is 10.2. The van der Waals surface area contributed by atoms with Crippen LogP contribution in [0.5, 0.6) is 0 Å². The van der Waals surface area contributed by atoms with E-state index in [1.165, 1.54) is 5.56 Å². The van der Waals surface area contributed by atoms with Crippen molar-refractivity contribution in [1.82, 2.24) is 0 Å². The van der Waals surface area contributed by atoms with E-state index >= 15 is 0 Å². The Bertz CT molecular complexity index is 346. The zero-order chi connectivity index (χ0) is 12.7. The summed E-state index contributed by atoms with van der Waals surface area (Å²) in [5.41, 5.74) is 0.920. The number of hydrogen-bond donors (Lipinski definition) is 0. The third kappa shape index (κ3) is 4.50. The number of hydrogen-bond acceptors (Lipinski definition) is 2. The quantitative estimate of drug-likeness (QED) is 0.380. The number of rotatable bonds is 7. The molecule has 0 aliphatic rings. The van der Waals surface area contributed by atoms with E-state index in [1.54, 1.807) is 0 Å². The largest absolute Gasteiger partial charge is 0.379 e. The minimum atomic E-state index is -0.266. The first-order chi connectivity index (χ1) is 8.14. The highest BCUT2D eigenvalue weighted by atomic mass is 127. The summed E-state index contributed by atoms with van der Waals surface area (Å²) in [6.45, 7) is 6.11. The van der Waals surface area contributed by atoms with E-state index in [4.69, 9.17) is 9.47 Å². The third-order valence-electron chi connectivity index (χ3n) is 2.55. The smallest absolute Gasteiger partial charge is 0.100 e. The summed E-state index contributed by atoms with van der Waals surface area (Å²) < 4.78 is 13.3. The molecule has 1 rings (SSSR count). The molecule has 0 saturated carbocycles. The predicted octanol–water partition coefficient (Wildman–Crippen LogP) is 4.15. The summed E-state index contributed by atoms with van der Waals surface area (Å²) in [6, 6.07) is 8.20. The second-order valence-corrected chi connectivity index (χ2v) is 5.51. The summed E-state index contributed by atoms with van der Waals surface area (Å²) in [5, 5.41) is 0. The lowest BCUT2D eigenvalue weighted by Gasteiger charge is -2.29. The van der Waals surface area contributed by atoms with Crippen LogP contribution in [-0.2, 0) is 15.1 Å². The van der Waals surface area contributed by atoms with Crippen LogP contribution in [0.25, 0.3) is 0 Å². The maximum atomic E-state index is 5.99. The molecule has 0 heterocycles. The van der Waals surface area contributed by atoms with Gasteiger partial charge in [0, 0.05) is 15.5 Å². The fourth-order valence-electron chi connectivity index (χ4n) is 1.55. The lowest BCUT2D eigenvalue weighted by atomic mass is 9.98. The van der Waals surface area contributed by atoms with Crippen LogP contribution < -0.4 is 0 Å². The molecule has 0 aromatic heterocycles. The van der Waals surface area contributed by atoms with Crippen molar-refractivity contribution in [3.8, 4) is 0 Å². The molecular weight excluding hydrogens is 395 g/mol. The monoisotopic (exact) mass is 412 g/mol. The van der Waals surface area contributed by atoms with Gasteiger partial charge in [0.15, 0.2) is 0 Å². The number of ether oxygens (including phenoxy) is 2. The van der Waals surface area contributed by atoms with Gasteiger partial charge in [0.05, 0.1) is 13.2 Å². The van der Waals surface area contributed by atoms with Crippen LogP contribution in [0.1, 0.15) is 19.4 Å². The molecule has 1 atom stereocenters. The van der Waals surface area contributed by atoms with E-state index < -0.39 is 0 Å². The number of benzene rings is 1. The predicted molar refractivity (Wildman–Crippen MR) is 82.8 cm³/mol. The van der Waals surface area contributed by atoms with Crippen LogP contribution in [0.15, 0.2) is 28.7 Å². The van der Waals surface area contributed by atoms with Gasteiger partial charge in [-0.3, -0.25) is 0 Å². The van der Waals surface area contributed by atoms with Gasteiger partial charge in [-0.1, -0.05) is 56.7 Å². The molecule has 17 heavy (non-hydrogen) atoms. The van der Waals surface area contributed by atoms with Crippen LogP contribution in [0, 0.1) is 0 Å². The molecule has 0 aliphatic heterocycles. The van der Waals surface area contributed by atoms with Crippen LogP contribution in [0.4, 0.5) is 0 Å². The SMILES string of the molecule is CCOCCOC(C)(CI)c1ccccc1Br. The topological polar surface area (TPSA) is 18.5 Å². The Kier molecular flexibility index (Phi) is 6.99. The second kappa shape index (κ2) is 7.71. The van der Waals surface area contributed by atoms with E-state index in [9.17, 15) is 0 Å². The normalized spacial score (nSPS) is 14.6. The van der Waals surface area contributed by atoms with E-state index in [0.717, 1.165) is 15.5 Å². The maximum absolute atomic E-state index is 5.99. The first-order valence-electron chi connectivity index (χ1n) is 5.66. The molecule has 0 spiro atoms. The average Bonchev–Trinajstić information content (AvgIpc) is 2.35. The Morgan fingerprint density at radius 1 is 1.29 bits per heavy atom. The Balaban J connectivity index is 2.71. The fourth-order valence-corrected chi connectivity index (χ4v) is 2.88. The van der Waals surface area contributed by atoms with Gasteiger partial charge >= 0.3 is 0 Å². The minimum Gasteiger partial charge on any atom is -0.379 e. The van der Waals surface area contributed by atoms with Crippen molar-refractivity contribution in [2.75, 3.05) is 24.2 Å². The highest BCUT2D eigenvalue weighted by Crippen LogP contribution is 2.33. The molecule has 1 aromatic carbocycles. The fraction of sp³-hybridized carbons (Fsp3) is 0.538. The van der Waals surface area contributed by atoms with Crippen molar-refractivity contribution >= 4 is 38.5 Å². The van der Waals surface area contributed by atoms with Crippen molar-refractivity contribution in [2.45, 2.75) is 19.4 Å². The molecule has 4 heteroatoms. The van der Waals surface area contributed by atoms with Crippen LogP contribution in [0.3, 0.4) is 0 Å². The molecular formula is C13H18BrIO2. The molecule has 0 radical (unpaired) electrons. The van der Waals surface area contributed by atoms with Gasteiger partial charge in [0.25, 0.3) is 0 Å². The second-order valence-electron chi connectivity index (χ2n) is 3.89. The van der Waals surface area contributed by atoms with Crippen LogP contribution in [0.2, 0.25) is 0 Å². The molecule has 0 saturated heterocycles. The molecule has 0 fully saturated rings. The number of halogens is 2. The summed E-state index contributed by atoms with van der Waals surface area (Å²) >= 11 is 5.94. The third-order valence-corrected chi connectivity index (χ3v) is 4.70. The molecule has 0 amide bonds. The molecule has 96 valence electrons. The van der Waals surface area contributed by atoms with Crippen LogP contribution >= 0.6 is 38.5 Å². The van der Waals surface area contributed by atoms with Gasteiger partial charge in [-0.15, -0.1) is 0 Å². The first-order valence-corrected chi connectivity index (χ1v) is 7.98. The van der Waals surface area contributed by atoms with Crippen LogP contribution in [-0.4, -0.2) is 24.2 Å². The summed E-state index contributed by atoms with van der Waals surface area (Å²) in [5.74, 6) is 0. The zero-order valence-corrected chi connectivity index (χ0v) is 14.0. The highest BCUT2D eigenvalue weighted by molar-refractivity contribution is 14.1. The van der Waals surface area contributed by atoms with Gasteiger partial charge in [0.2, 0.25) is 0 Å². The molecule has 1 aromatic rings. The Labute approximate surface area is 125 Å². The molecule has 0 N–H and O–H groups in total. The van der Waals surface area contributed by atoms with Gasteiger partial charge in [-0.2, -0.15) is 0 Å². The average molecular weight is 413 g/mol. The Morgan fingerprint density at radius 3 is 2.59 bits per heavy atom. The van der Waals surface area contributed by atoms with E-state index in [-0.39, 0.29) is 5.60 Å². The molecule has 0 bridgehead atoms. The van der Waals surface area contributed by atoms with Gasteiger partial charge in [-0.25, -0.2) is 0 Å². The van der Waals surface area contributed by atoms with Crippen molar-refractivity contribution in [2.24, 2.45) is 0 Å². The lowest BCUT2D eigenvalue weighted by molar-refractivity contribution is -0.0437. The minimum absolute atomic E-state index is 0.266. The lowest BCUT2D eigenvalue weighted by Crippen LogP contribution is -2.30. The first kappa shape index (κ1) is 15.4. The standard InChI is InChI=1S/C13H18BrIO2/c1-3-16-8-9-17-13(2,10-15)11-6-4-5-7-12(11)14/h4-7H,3,8-10H2,1-2H3. The van der Waals surface area contributed by atoms with Gasteiger partial charge in [0.1, 0.15) is 5.60 Å². The molecule has 2 nitrogen and oxygen atoms in total. The highest BCUT2D eigenvalue weighted by Gasteiger charge is 2.28. The summed E-state index contributed by atoms with van der Waals surface area (Å²) in [6.07, 6.45) is 0. The summed E-state index contributed by atoms with van der Waals surface area (Å²) in [4.78, 5) is 0. The van der Waals surface area contributed by atoms with Crippen molar-refractivity contribution < 1.29 is 9.47 Å². The van der Waals surface area contributed by atoms with Crippen molar-refractivity contribution in [3.05, 3.63) is 34.3 Å². The van der Waals surface area contributed by atoms with E-state index in [2.05, 4.69) is 51.5 Å². The van der Waals surface area contributed by atoms with E-state index in [0.29, 0.717) is 13.2 Å². The van der Waals surface area contributed by atoms with Crippen molar-refractivity contribution in [3.63, 3.8) is 0 Å². The summed E-state index contributed by atoms with van der Waals surface area (Å²) in [7, 11) is 0. The maximum Gasteiger partial charge on any atom is 0.100 e. The molecule has 0 aliphatic carbocycles.